The van der Waals surface area contributed by atoms with Crippen LogP contribution in [0.15, 0.2) is 46.9 Å². The van der Waals surface area contributed by atoms with Gasteiger partial charge in [0.15, 0.2) is 11.5 Å². The van der Waals surface area contributed by atoms with Gasteiger partial charge >= 0.3 is 5.97 Å². The van der Waals surface area contributed by atoms with Crippen LogP contribution < -0.4 is 0 Å². The molecular weight excluding hydrogens is 352 g/mol. The highest BCUT2D eigenvalue weighted by Gasteiger charge is 2.24. The monoisotopic (exact) mass is 363 g/mol. The maximum absolute atomic E-state index is 13.8. The molecule has 0 saturated carbocycles. The van der Waals surface area contributed by atoms with E-state index in [9.17, 15) is 13.6 Å². The van der Waals surface area contributed by atoms with Crippen LogP contribution in [0, 0.1) is 11.6 Å². The van der Waals surface area contributed by atoms with Gasteiger partial charge in [-0.3, -0.25) is 0 Å². The first-order valence-corrected chi connectivity index (χ1v) is 7.76. The number of ether oxygens (including phenoxy) is 1. The SMILES string of the molecule is CCOC(=O)c1nc(-c2ccc(F)cc2)oc1-c1ccc(Cl)c(F)c1. The van der Waals surface area contributed by atoms with Crippen molar-refractivity contribution in [3.63, 3.8) is 0 Å². The third-order valence-electron chi connectivity index (χ3n) is 3.37. The molecule has 1 heterocycles. The van der Waals surface area contributed by atoms with Gasteiger partial charge in [0.1, 0.15) is 11.6 Å². The van der Waals surface area contributed by atoms with Crippen LogP contribution in [0.25, 0.3) is 22.8 Å². The molecule has 1 aromatic heterocycles. The van der Waals surface area contributed by atoms with E-state index in [1.165, 1.54) is 36.4 Å². The molecule has 0 atom stereocenters. The standard InChI is InChI=1S/C18H12ClF2NO3/c1-2-24-18(23)15-16(11-5-8-13(19)14(21)9-11)25-17(22-15)10-3-6-12(20)7-4-10/h3-9H,2H2,1H3. The van der Waals surface area contributed by atoms with Crippen LogP contribution in [-0.2, 0) is 4.74 Å². The number of hydrogen-bond donors (Lipinski definition) is 0. The van der Waals surface area contributed by atoms with Gasteiger partial charge in [0, 0.05) is 11.1 Å². The number of benzene rings is 2. The molecule has 0 amide bonds. The predicted octanol–water partition coefficient (Wildman–Crippen LogP) is 5.12. The molecular formula is C18H12ClF2NO3. The lowest BCUT2D eigenvalue weighted by atomic mass is 10.1. The molecule has 0 aliphatic heterocycles. The first kappa shape index (κ1) is 17.1. The van der Waals surface area contributed by atoms with E-state index in [1.807, 2.05) is 0 Å². The summed E-state index contributed by atoms with van der Waals surface area (Å²) in [6, 6.07) is 9.39. The molecule has 0 fully saturated rings. The van der Waals surface area contributed by atoms with Crippen LogP contribution in [0.2, 0.25) is 5.02 Å². The number of hydrogen-bond acceptors (Lipinski definition) is 4. The molecule has 0 saturated heterocycles. The Morgan fingerprint density at radius 3 is 2.48 bits per heavy atom. The van der Waals surface area contributed by atoms with Gasteiger partial charge in [-0.1, -0.05) is 11.6 Å². The minimum atomic E-state index is -0.704. The van der Waals surface area contributed by atoms with Crippen LogP contribution in [0.5, 0.6) is 0 Å². The molecule has 2 aromatic carbocycles. The Labute approximate surface area is 147 Å². The number of carbonyl (C=O) groups excluding carboxylic acids is 1. The van der Waals surface area contributed by atoms with Gasteiger partial charge in [0.25, 0.3) is 0 Å². The zero-order valence-electron chi connectivity index (χ0n) is 13.1. The Balaban J connectivity index is 2.13. The smallest absolute Gasteiger partial charge is 0.361 e. The summed E-state index contributed by atoms with van der Waals surface area (Å²) in [5, 5.41) is -0.0558. The van der Waals surface area contributed by atoms with Crippen LogP contribution in [-0.4, -0.2) is 17.6 Å². The highest BCUT2D eigenvalue weighted by atomic mass is 35.5. The van der Waals surface area contributed by atoms with Gasteiger partial charge in [-0.25, -0.2) is 18.6 Å². The number of esters is 1. The van der Waals surface area contributed by atoms with Gasteiger partial charge in [-0.05, 0) is 49.4 Å². The zero-order valence-corrected chi connectivity index (χ0v) is 13.8. The Morgan fingerprint density at radius 2 is 1.84 bits per heavy atom. The van der Waals surface area contributed by atoms with Crippen molar-refractivity contribution >= 4 is 17.6 Å². The fourth-order valence-electron chi connectivity index (χ4n) is 2.21. The van der Waals surface area contributed by atoms with Crippen LogP contribution in [0.4, 0.5) is 8.78 Å². The number of rotatable bonds is 4. The van der Waals surface area contributed by atoms with E-state index in [2.05, 4.69) is 4.98 Å². The minimum absolute atomic E-state index is 0.0494. The van der Waals surface area contributed by atoms with Crippen molar-refractivity contribution in [2.45, 2.75) is 6.92 Å². The predicted molar refractivity (Wildman–Crippen MR) is 88.3 cm³/mol. The summed E-state index contributed by atoms with van der Waals surface area (Å²) in [6.45, 7) is 1.80. The lowest BCUT2D eigenvalue weighted by Gasteiger charge is -2.02. The fourth-order valence-corrected chi connectivity index (χ4v) is 2.32. The third-order valence-corrected chi connectivity index (χ3v) is 3.68. The van der Waals surface area contributed by atoms with Crippen molar-refractivity contribution < 1.29 is 22.7 Å². The van der Waals surface area contributed by atoms with Crippen LogP contribution in [0.3, 0.4) is 0 Å². The number of carbonyl (C=O) groups is 1. The van der Waals surface area contributed by atoms with Gasteiger partial charge in [-0.15, -0.1) is 0 Å². The number of aromatic nitrogens is 1. The average molecular weight is 364 g/mol. The van der Waals surface area contributed by atoms with Gasteiger partial charge in [0.2, 0.25) is 5.89 Å². The highest BCUT2D eigenvalue weighted by Crippen LogP contribution is 2.32. The normalized spacial score (nSPS) is 10.7. The van der Waals surface area contributed by atoms with Gasteiger partial charge in [0.05, 0.1) is 11.6 Å². The maximum Gasteiger partial charge on any atom is 0.361 e. The van der Waals surface area contributed by atoms with Crippen molar-refractivity contribution in [2.75, 3.05) is 6.61 Å². The van der Waals surface area contributed by atoms with E-state index in [0.717, 1.165) is 6.07 Å². The van der Waals surface area contributed by atoms with E-state index in [1.54, 1.807) is 6.92 Å². The van der Waals surface area contributed by atoms with Gasteiger partial charge < -0.3 is 9.15 Å². The summed E-state index contributed by atoms with van der Waals surface area (Å²) in [6.07, 6.45) is 0. The van der Waals surface area contributed by atoms with Crippen molar-refractivity contribution in [3.05, 3.63) is 64.8 Å². The second-order valence-corrected chi connectivity index (χ2v) is 5.46. The molecule has 0 spiro atoms. The average Bonchev–Trinajstić information content (AvgIpc) is 3.03. The lowest BCUT2D eigenvalue weighted by molar-refractivity contribution is 0.0520. The second-order valence-electron chi connectivity index (χ2n) is 5.05. The van der Waals surface area contributed by atoms with E-state index in [-0.39, 0.29) is 34.5 Å². The molecule has 0 radical (unpaired) electrons. The number of nitrogens with zero attached hydrogens (tertiary/aromatic N) is 1. The maximum atomic E-state index is 13.8. The molecule has 7 heteroatoms. The zero-order chi connectivity index (χ0) is 18.0. The quantitative estimate of drug-likeness (QED) is 0.604. The summed E-state index contributed by atoms with van der Waals surface area (Å²) in [4.78, 5) is 16.3. The Morgan fingerprint density at radius 1 is 1.16 bits per heavy atom. The first-order valence-electron chi connectivity index (χ1n) is 7.39. The molecule has 128 valence electrons. The third kappa shape index (κ3) is 3.53. The highest BCUT2D eigenvalue weighted by molar-refractivity contribution is 6.30. The molecule has 0 unspecified atom stereocenters. The summed E-state index contributed by atoms with van der Waals surface area (Å²) in [5.41, 5.74) is 0.654. The number of oxazole rings is 1. The summed E-state index contributed by atoms with van der Waals surface area (Å²) >= 11 is 5.69. The van der Waals surface area contributed by atoms with Crippen molar-refractivity contribution in [1.82, 2.24) is 4.98 Å². The van der Waals surface area contributed by atoms with Crippen molar-refractivity contribution in [1.29, 1.82) is 0 Å². The van der Waals surface area contributed by atoms with Crippen LogP contribution >= 0.6 is 11.6 Å². The summed E-state index contributed by atoms with van der Waals surface area (Å²) in [7, 11) is 0. The van der Waals surface area contributed by atoms with Gasteiger partial charge in [-0.2, -0.15) is 0 Å². The summed E-state index contributed by atoms with van der Waals surface area (Å²) in [5.74, 6) is -1.64. The molecule has 3 aromatic rings. The second kappa shape index (κ2) is 7.03. The first-order chi connectivity index (χ1) is 12.0. The minimum Gasteiger partial charge on any atom is -0.461 e. The van der Waals surface area contributed by atoms with E-state index >= 15 is 0 Å². The summed E-state index contributed by atoms with van der Waals surface area (Å²) < 4.78 is 37.5. The number of halogens is 3. The molecule has 0 bridgehead atoms. The molecule has 0 aliphatic carbocycles. The molecule has 4 nitrogen and oxygen atoms in total. The molecule has 0 N–H and O–H groups in total. The van der Waals surface area contributed by atoms with E-state index in [4.69, 9.17) is 20.8 Å². The van der Waals surface area contributed by atoms with E-state index in [0.29, 0.717) is 5.56 Å². The Hall–Kier alpha value is -2.73. The van der Waals surface area contributed by atoms with Crippen LogP contribution in [0.1, 0.15) is 17.4 Å². The van der Waals surface area contributed by atoms with E-state index < -0.39 is 17.6 Å². The fraction of sp³-hybridized carbons (Fsp3) is 0.111. The molecule has 3 rings (SSSR count). The lowest BCUT2D eigenvalue weighted by Crippen LogP contribution is -2.06. The topological polar surface area (TPSA) is 52.3 Å². The Kier molecular flexibility index (Phi) is 4.81. The van der Waals surface area contributed by atoms with Crippen molar-refractivity contribution in [3.8, 4) is 22.8 Å². The van der Waals surface area contributed by atoms with Crippen molar-refractivity contribution in [2.24, 2.45) is 0 Å². The molecule has 25 heavy (non-hydrogen) atoms. The largest absolute Gasteiger partial charge is 0.461 e. The molecule has 0 aliphatic rings. The Bertz CT molecular complexity index is 923.